The van der Waals surface area contributed by atoms with Gasteiger partial charge in [0.2, 0.25) is 0 Å². The van der Waals surface area contributed by atoms with E-state index in [2.05, 4.69) is 30.7 Å². The second-order valence-corrected chi connectivity index (χ2v) is 14.0. The Hall–Kier alpha value is -4.65. The molecule has 1 aromatic heterocycles. The molecule has 0 spiro atoms. The average molecular weight is 675 g/mol. The van der Waals surface area contributed by atoms with Gasteiger partial charge in [-0.25, -0.2) is 9.97 Å². The van der Waals surface area contributed by atoms with Crippen LogP contribution in [-0.4, -0.2) is 39.2 Å². The van der Waals surface area contributed by atoms with Crippen LogP contribution in [0.1, 0.15) is 106 Å². The summed E-state index contributed by atoms with van der Waals surface area (Å²) in [5, 5.41) is 9.79. The lowest BCUT2D eigenvalue weighted by Crippen LogP contribution is -2.32. The number of Topliss-reactive ketones (excluding diaryl/α,β-unsaturated/α-hetero) is 2. The zero-order chi connectivity index (χ0) is 35.5. The number of carbonyl (C=O) groups excluding carboxylic acids is 2. The van der Waals surface area contributed by atoms with Crippen LogP contribution in [0.5, 0.6) is 5.75 Å². The molecule has 50 heavy (non-hydrogen) atoms. The lowest BCUT2D eigenvalue weighted by atomic mass is 9.79. The van der Waals surface area contributed by atoms with Crippen molar-refractivity contribution in [2.75, 3.05) is 6.61 Å². The zero-order valence-electron chi connectivity index (χ0n) is 29.6. The standard InChI is InChI=1S/C43H50N2O5/c1-4-5-6-7-8-24-50-37-22-20-32(21-23-37)36-27-44-42(45-28-36)34-14-12-30(13-15-34)25-35(41(47)38-10-9-11-39(38)43(48)49)26-40(46)33-18-16-31(17-19-33)29(2)3/h12-23,27-29,35,38-39H,4-11,24-26H2,1-3H3,(H,48,49)/t35-,38?,39-/m1/s1. The normalized spacial score (nSPS) is 16.3. The van der Waals surface area contributed by atoms with E-state index in [9.17, 15) is 19.5 Å². The highest BCUT2D eigenvalue weighted by atomic mass is 16.5. The van der Waals surface area contributed by atoms with Gasteiger partial charge in [-0.2, -0.15) is 0 Å². The van der Waals surface area contributed by atoms with Gasteiger partial charge in [0, 0.05) is 47.3 Å². The molecule has 1 heterocycles. The molecule has 1 unspecified atom stereocenters. The van der Waals surface area contributed by atoms with Gasteiger partial charge in [0.15, 0.2) is 11.6 Å². The molecular formula is C43H50N2O5. The van der Waals surface area contributed by atoms with Crippen molar-refractivity contribution < 1.29 is 24.2 Å². The predicted octanol–water partition coefficient (Wildman–Crippen LogP) is 9.78. The number of carboxylic acid groups (broad SMARTS) is 1. The number of hydrogen-bond donors (Lipinski definition) is 1. The van der Waals surface area contributed by atoms with E-state index < -0.39 is 23.7 Å². The largest absolute Gasteiger partial charge is 0.494 e. The topological polar surface area (TPSA) is 106 Å². The minimum atomic E-state index is -0.930. The summed E-state index contributed by atoms with van der Waals surface area (Å²) in [4.78, 5) is 48.5. The molecule has 5 rings (SSSR count). The van der Waals surface area contributed by atoms with Crippen molar-refractivity contribution in [1.29, 1.82) is 0 Å². The monoisotopic (exact) mass is 674 g/mol. The molecular weight excluding hydrogens is 624 g/mol. The first kappa shape index (κ1) is 36.6. The van der Waals surface area contributed by atoms with Crippen molar-refractivity contribution in [3.05, 3.63) is 102 Å². The SMILES string of the molecule is CCCCCCCOc1ccc(-c2cnc(-c3ccc(C[C@H](CC(=O)c4ccc(C(C)C)cc4)C(=O)C4CCC[C@H]4C(=O)O)cc3)nc2)cc1. The molecule has 0 bridgehead atoms. The van der Waals surface area contributed by atoms with Crippen molar-refractivity contribution in [2.45, 2.75) is 90.9 Å². The smallest absolute Gasteiger partial charge is 0.307 e. The third-order valence-electron chi connectivity index (χ3n) is 9.98. The Labute approximate surface area is 296 Å². The Morgan fingerprint density at radius 1 is 0.780 bits per heavy atom. The molecule has 4 aromatic rings. The van der Waals surface area contributed by atoms with E-state index >= 15 is 0 Å². The van der Waals surface area contributed by atoms with Gasteiger partial charge in [0.1, 0.15) is 11.5 Å². The number of nitrogens with zero attached hydrogens (tertiary/aromatic N) is 2. The van der Waals surface area contributed by atoms with Crippen LogP contribution in [0.2, 0.25) is 0 Å². The van der Waals surface area contributed by atoms with Gasteiger partial charge in [0.25, 0.3) is 0 Å². The van der Waals surface area contributed by atoms with Gasteiger partial charge in [-0.1, -0.05) is 114 Å². The van der Waals surface area contributed by atoms with Crippen LogP contribution >= 0.6 is 0 Å². The molecule has 0 amide bonds. The highest BCUT2D eigenvalue weighted by Gasteiger charge is 2.40. The summed E-state index contributed by atoms with van der Waals surface area (Å²) in [5.74, 6) is -1.22. The van der Waals surface area contributed by atoms with Crippen molar-refractivity contribution in [2.24, 2.45) is 17.8 Å². The van der Waals surface area contributed by atoms with Gasteiger partial charge in [0.05, 0.1) is 12.5 Å². The van der Waals surface area contributed by atoms with E-state index in [4.69, 9.17) is 4.74 Å². The molecule has 1 N–H and O–H groups in total. The fourth-order valence-electron chi connectivity index (χ4n) is 6.91. The first-order chi connectivity index (χ1) is 24.2. The van der Waals surface area contributed by atoms with E-state index in [-0.39, 0.29) is 18.0 Å². The second kappa shape index (κ2) is 17.8. The number of carbonyl (C=O) groups is 3. The Kier molecular flexibility index (Phi) is 13.1. The fourth-order valence-corrected chi connectivity index (χ4v) is 6.91. The zero-order valence-corrected chi connectivity index (χ0v) is 29.6. The predicted molar refractivity (Wildman–Crippen MR) is 197 cm³/mol. The van der Waals surface area contributed by atoms with Crippen LogP contribution < -0.4 is 4.74 Å². The number of aromatic nitrogens is 2. The maximum absolute atomic E-state index is 13.9. The first-order valence-electron chi connectivity index (χ1n) is 18.3. The number of ketones is 2. The lowest BCUT2D eigenvalue weighted by Gasteiger charge is -2.22. The van der Waals surface area contributed by atoms with Crippen LogP contribution in [0.3, 0.4) is 0 Å². The summed E-state index contributed by atoms with van der Waals surface area (Å²) in [6.07, 6.45) is 11.8. The minimum absolute atomic E-state index is 0.0428. The summed E-state index contributed by atoms with van der Waals surface area (Å²) >= 11 is 0. The summed E-state index contributed by atoms with van der Waals surface area (Å²) in [5.41, 5.74) is 5.38. The number of ether oxygens (including phenoxy) is 1. The Balaban J connectivity index is 1.24. The highest BCUT2D eigenvalue weighted by Crippen LogP contribution is 2.36. The molecule has 7 nitrogen and oxygen atoms in total. The van der Waals surface area contributed by atoms with Crippen molar-refractivity contribution in [3.8, 4) is 28.3 Å². The van der Waals surface area contributed by atoms with Gasteiger partial charge < -0.3 is 9.84 Å². The highest BCUT2D eigenvalue weighted by molar-refractivity contribution is 6.00. The number of hydrogen-bond acceptors (Lipinski definition) is 6. The molecule has 1 fully saturated rings. The van der Waals surface area contributed by atoms with Crippen LogP contribution in [0.15, 0.2) is 85.2 Å². The third kappa shape index (κ3) is 9.74. The number of unbranched alkanes of at least 4 members (excludes halogenated alkanes) is 4. The molecule has 262 valence electrons. The van der Waals surface area contributed by atoms with Crippen molar-refractivity contribution >= 4 is 17.5 Å². The summed E-state index contributed by atoms with van der Waals surface area (Å²) in [6, 6.07) is 23.3. The maximum atomic E-state index is 13.9. The molecule has 1 aliphatic rings. The molecule has 0 aliphatic heterocycles. The lowest BCUT2D eigenvalue weighted by molar-refractivity contribution is -0.146. The van der Waals surface area contributed by atoms with Crippen molar-refractivity contribution in [1.82, 2.24) is 9.97 Å². The van der Waals surface area contributed by atoms with E-state index in [1.807, 2.05) is 85.2 Å². The number of carboxylic acids is 1. The van der Waals surface area contributed by atoms with Gasteiger partial charge >= 0.3 is 5.97 Å². The molecule has 0 saturated heterocycles. The summed E-state index contributed by atoms with van der Waals surface area (Å²) < 4.78 is 5.90. The summed E-state index contributed by atoms with van der Waals surface area (Å²) in [6.45, 7) is 7.15. The van der Waals surface area contributed by atoms with Crippen LogP contribution in [0, 0.1) is 17.8 Å². The van der Waals surface area contributed by atoms with Crippen LogP contribution in [0.4, 0.5) is 0 Å². The Morgan fingerprint density at radius 2 is 1.42 bits per heavy atom. The molecule has 0 radical (unpaired) electrons. The average Bonchev–Trinajstić information content (AvgIpc) is 3.64. The van der Waals surface area contributed by atoms with Gasteiger partial charge in [-0.05, 0) is 60.4 Å². The Bertz CT molecular complexity index is 1700. The first-order valence-corrected chi connectivity index (χ1v) is 18.3. The molecule has 1 saturated carbocycles. The molecule has 7 heteroatoms. The van der Waals surface area contributed by atoms with Gasteiger partial charge in [-0.15, -0.1) is 0 Å². The number of rotatable bonds is 18. The molecule has 1 aliphatic carbocycles. The van der Waals surface area contributed by atoms with E-state index in [1.165, 1.54) is 25.7 Å². The second-order valence-electron chi connectivity index (χ2n) is 14.0. The van der Waals surface area contributed by atoms with Gasteiger partial charge in [-0.3, -0.25) is 14.4 Å². The van der Waals surface area contributed by atoms with E-state index in [0.29, 0.717) is 43.0 Å². The van der Waals surface area contributed by atoms with Crippen molar-refractivity contribution in [3.63, 3.8) is 0 Å². The number of aliphatic carboxylic acids is 1. The Morgan fingerprint density at radius 3 is 2.06 bits per heavy atom. The molecule has 3 aromatic carbocycles. The van der Waals surface area contributed by atoms with Crippen LogP contribution in [0.25, 0.3) is 22.5 Å². The number of benzene rings is 3. The fraction of sp³-hybridized carbons (Fsp3) is 0.419. The van der Waals surface area contributed by atoms with Crippen LogP contribution in [-0.2, 0) is 16.0 Å². The quantitative estimate of drug-likeness (QED) is 0.0827. The molecule has 3 atom stereocenters. The third-order valence-corrected chi connectivity index (χ3v) is 9.98. The minimum Gasteiger partial charge on any atom is -0.494 e. The van der Waals surface area contributed by atoms with E-state index in [0.717, 1.165) is 46.6 Å². The summed E-state index contributed by atoms with van der Waals surface area (Å²) in [7, 11) is 0. The van der Waals surface area contributed by atoms with E-state index in [1.54, 1.807) is 0 Å². The maximum Gasteiger partial charge on any atom is 0.307 e.